The molecule has 2 aromatic carbocycles. The Bertz CT molecular complexity index is 863. The highest BCUT2D eigenvalue weighted by molar-refractivity contribution is 9.10. The Morgan fingerprint density at radius 2 is 1.87 bits per heavy atom. The third kappa shape index (κ3) is 2.86. The topological polar surface area (TPSA) is 66.5 Å². The van der Waals surface area contributed by atoms with Crippen molar-refractivity contribution in [2.24, 2.45) is 0 Å². The van der Waals surface area contributed by atoms with Crippen LogP contribution in [-0.4, -0.2) is 27.9 Å². The predicted octanol–water partition coefficient (Wildman–Crippen LogP) is 2.56. The van der Waals surface area contributed by atoms with E-state index < -0.39 is 10.0 Å². The highest BCUT2D eigenvalue weighted by Crippen LogP contribution is 2.33. The molecule has 1 amide bonds. The summed E-state index contributed by atoms with van der Waals surface area (Å²) in [6.45, 7) is 0.380. The molecule has 2 aromatic rings. The number of fused-ring (bicyclic) bond motifs is 1. The lowest BCUT2D eigenvalue weighted by Gasteiger charge is -2.19. The van der Waals surface area contributed by atoms with Gasteiger partial charge in [0.2, 0.25) is 0 Å². The van der Waals surface area contributed by atoms with Gasteiger partial charge in [-0.05, 0) is 54.4 Å². The van der Waals surface area contributed by atoms with Crippen molar-refractivity contribution < 1.29 is 13.2 Å². The summed E-state index contributed by atoms with van der Waals surface area (Å²) < 4.78 is 27.9. The zero-order valence-corrected chi connectivity index (χ0v) is 14.8. The van der Waals surface area contributed by atoms with Crippen molar-refractivity contribution in [1.82, 2.24) is 5.32 Å². The molecule has 0 unspecified atom stereocenters. The van der Waals surface area contributed by atoms with E-state index in [1.165, 1.54) is 4.31 Å². The highest BCUT2D eigenvalue weighted by atomic mass is 79.9. The number of hydrogen-bond acceptors (Lipinski definition) is 3. The van der Waals surface area contributed by atoms with Crippen molar-refractivity contribution >= 4 is 37.5 Å². The predicted molar refractivity (Wildman–Crippen MR) is 92.2 cm³/mol. The van der Waals surface area contributed by atoms with E-state index in [4.69, 9.17) is 0 Å². The van der Waals surface area contributed by atoms with Crippen LogP contribution < -0.4 is 9.62 Å². The van der Waals surface area contributed by atoms with Gasteiger partial charge in [-0.25, -0.2) is 8.42 Å². The molecule has 1 aliphatic heterocycles. The molecule has 0 radical (unpaired) electrons. The zero-order valence-electron chi connectivity index (χ0n) is 12.4. The van der Waals surface area contributed by atoms with Crippen LogP contribution in [0.2, 0.25) is 0 Å². The standard InChI is InChI=1S/C16H15BrN2O3S/c1-18-16(20)12-2-7-15-11(10-12)8-9-19(15)23(21,22)14-5-3-13(17)4-6-14/h2-7,10H,8-9H2,1H3,(H,18,20). The van der Waals surface area contributed by atoms with Crippen LogP contribution in [0.1, 0.15) is 15.9 Å². The maximum Gasteiger partial charge on any atom is 0.264 e. The van der Waals surface area contributed by atoms with Gasteiger partial charge < -0.3 is 5.32 Å². The molecule has 3 rings (SSSR count). The molecule has 5 nitrogen and oxygen atoms in total. The van der Waals surface area contributed by atoms with Crippen LogP contribution in [0.15, 0.2) is 51.8 Å². The molecule has 0 saturated heterocycles. The Morgan fingerprint density at radius 3 is 2.52 bits per heavy atom. The Labute approximate surface area is 143 Å². The molecule has 1 aliphatic rings. The maximum atomic E-state index is 12.8. The molecule has 23 heavy (non-hydrogen) atoms. The number of rotatable bonds is 3. The van der Waals surface area contributed by atoms with Gasteiger partial charge in [0.15, 0.2) is 0 Å². The Kier molecular flexibility index (Phi) is 4.16. The first kappa shape index (κ1) is 16.0. The van der Waals surface area contributed by atoms with Gasteiger partial charge >= 0.3 is 0 Å². The first-order chi connectivity index (χ1) is 10.9. The Hall–Kier alpha value is -1.86. The number of sulfonamides is 1. The minimum absolute atomic E-state index is 0.179. The van der Waals surface area contributed by atoms with Crippen LogP contribution in [0.5, 0.6) is 0 Å². The summed E-state index contributed by atoms with van der Waals surface area (Å²) in [6, 6.07) is 11.7. The van der Waals surface area contributed by atoms with E-state index in [1.54, 1.807) is 49.5 Å². The molecular weight excluding hydrogens is 380 g/mol. The van der Waals surface area contributed by atoms with E-state index in [9.17, 15) is 13.2 Å². The fourth-order valence-electron chi connectivity index (χ4n) is 2.64. The summed E-state index contributed by atoms with van der Waals surface area (Å²) in [5, 5.41) is 2.57. The van der Waals surface area contributed by atoms with Crippen molar-refractivity contribution in [3.63, 3.8) is 0 Å². The maximum absolute atomic E-state index is 12.8. The van der Waals surface area contributed by atoms with E-state index in [0.717, 1.165) is 10.0 Å². The molecule has 0 spiro atoms. The third-order valence-electron chi connectivity index (χ3n) is 3.82. The monoisotopic (exact) mass is 394 g/mol. The highest BCUT2D eigenvalue weighted by Gasteiger charge is 2.31. The quantitative estimate of drug-likeness (QED) is 0.869. The number of carbonyl (C=O) groups excluding carboxylic acids is 1. The van der Waals surface area contributed by atoms with Gasteiger partial charge in [-0.2, -0.15) is 0 Å². The van der Waals surface area contributed by atoms with Gasteiger partial charge in [0.1, 0.15) is 0 Å². The third-order valence-corrected chi connectivity index (χ3v) is 6.18. The number of hydrogen-bond donors (Lipinski definition) is 1. The molecule has 1 heterocycles. The second-order valence-electron chi connectivity index (χ2n) is 5.20. The summed E-state index contributed by atoms with van der Waals surface area (Å²) in [5.41, 5.74) is 2.04. The molecule has 0 aromatic heterocycles. The first-order valence-corrected chi connectivity index (χ1v) is 9.30. The molecule has 0 atom stereocenters. The number of carbonyl (C=O) groups is 1. The summed E-state index contributed by atoms with van der Waals surface area (Å²) in [4.78, 5) is 12.0. The fourth-order valence-corrected chi connectivity index (χ4v) is 4.41. The molecule has 120 valence electrons. The van der Waals surface area contributed by atoms with Crippen molar-refractivity contribution in [2.45, 2.75) is 11.3 Å². The van der Waals surface area contributed by atoms with Gasteiger partial charge in [0, 0.05) is 23.6 Å². The number of nitrogens with one attached hydrogen (secondary N) is 1. The molecular formula is C16H15BrN2O3S. The summed E-state index contributed by atoms with van der Waals surface area (Å²) in [5.74, 6) is -0.179. The van der Waals surface area contributed by atoms with Crippen LogP contribution in [0, 0.1) is 0 Å². The van der Waals surface area contributed by atoms with Crippen molar-refractivity contribution in [3.8, 4) is 0 Å². The molecule has 1 N–H and O–H groups in total. The van der Waals surface area contributed by atoms with Gasteiger partial charge in [0.25, 0.3) is 15.9 Å². The van der Waals surface area contributed by atoms with Gasteiger partial charge in [-0.15, -0.1) is 0 Å². The average molecular weight is 395 g/mol. The van der Waals surface area contributed by atoms with Crippen LogP contribution >= 0.6 is 15.9 Å². The number of anilines is 1. The number of halogens is 1. The lowest BCUT2D eigenvalue weighted by atomic mass is 10.1. The normalized spacial score (nSPS) is 13.7. The van der Waals surface area contributed by atoms with Gasteiger partial charge in [-0.1, -0.05) is 15.9 Å². The van der Waals surface area contributed by atoms with E-state index in [-0.39, 0.29) is 10.8 Å². The SMILES string of the molecule is CNC(=O)c1ccc2c(c1)CCN2S(=O)(=O)c1ccc(Br)cc1. The zero-order chi connectivity index (χ0) is 16.6. The minimum Gasteiger partial charge on any atom is -0.355 e. The lowest BCUT2D eigenvalue weighted by molar-refractivity contribution is 0.0963. The smallest absolute Gasteiger partial charge is 0.264 e. The Morgan fingerprint density at radius 1 is 1.17 bits per heavy atom. The molecule has 0 aliphatic carbocycles. The van der Waals surface area contributed by atoms with E-state index in [0.29, 0.717) is 24.2 Å². The van der Waals surface area contributed by atoms with Crippen LogP contribution in [0.3, 0.4) is 0 Å². The molecule has 0 bridgehead atoms. The number of nitrogens with zero attached hydrogens (tertiary/aromatic N) is 1. The number of amides is 1. The van der Waals surface area contributed by atoms with Crippen LogP contribution in [0.25, 0.3) is 0 Å². The van der Waals surface area contributed by atoms with E-state index in [1.807, 2.05) is 0 Å². The minimum atomic E-state index is -3.60. The van der Waals surface area contributed by atoms with Crippen LogP contribution in [-0.2, 0) is 16.4 Å². The molecule has 7 heteroatoms. The molecule has 0 saturated carbocycles. The lowest BCUT2D eigenvalue weighted by Crippen LogP contribution is -2.29. The summed E-state index contributed by atoms with van der Waals surface area (Å²) in [6.07, 6.45) is 0.593. The van der Waals surface area contributed by atoms with Gasteiger partial charge in [-0.3, -0.25) is 9.10 Å². The first-order valence-electron chi connectivity index (χ1n) is 7.07. The average Bonchev–Trinajstić information content (AvgIpc) is 2.98. The van der Waals surface area contributed by atoms with Crippen molar-refractivity contribution in [3.05, 3.63) is 58.1 Å². The van der Waals surface area contributed by atoms with Crippen molar-refractivity contribution in [1.29, 1.82) is 0 Å². The van der Waals surface area contributed by atoms with Crippen molar-refractivity contribution in [2.75, 3.05) is 17.9 Å². The number of benzene rings is 2. The second kappa shape index (κ2) is 5.98. The second-order valence-corrected chi connectivity index (χ2v) is 7.98. The van der Waals surface area contributed by atoms with Gasteiger partial charge in [0.05, 0.1) is 10.6 Å². The molecule has 0 fully saturated rings. The Balaban J connectivity index is 1.99. The summed E-state index contributed by atoms with van der Waals surface area (Å²) >= 11 is 3.30. The summed E-state index contributed by atoms with van der Waals surface area (Å²) in [7, 11) is -2.03. The largest absolute Gasteiger partial charge is 0.355 e. The van der Waals surface area contributed by atoms with Crippen LogP contribution in [0.4, 0.5) is 5.69 Å². The van der Waals surface area contributed by atoms with E-state index >= 15 is 0 Å². The fraction of sp³-hybridized carbons (Fsp3) is 0.188. The van der Waals surface area contributed by atoms with E-state index in [2.05, 4.69) is 21.2 Å².